The van der Waals surface area contributed by atoms with Gasteiger partial charge in [-0.2, -0.15) is 0 Å². The Kier molecular flexibility index (Phi) is 3.76. The van der Waals surface area contributed by atoms with E-state index in [1.54, 1.807) is 0 Å². The maximum atomic E-state index is 10.2. The van der Waals surface area contributed by atoms with Crippen LogP contribution in [0.1, 0.15) is 5.56 Å². The van der Waals surface area contributed by atoms with Crippen LogP contribution in [-0.4, -0.2) is 20.2 Å². The molecule has 1 aromatic carbocycles. The number of aldehydes is 1. The molecule has 0 unspecified atom stereocenters. The molecule has 4 heteroatoms. The Hall–Kier alpha value is -1.58. The molecule has 0 atom stereocenters. The summed E-state index contributed by atoms with van der Waals surface area (Å²) in [5.41, 5.74) is 1.88. The zero-order valence-electron chi connectivity index (χ0n) is 7.10. The Labute approximate surface area is 77.0 Å². The summed E-state index contributed by atoms with van der Waals surface area (Å²) in [6.07, 6.45) is 1.28. The van der Waals surface area contributed by atoms with Crippen LogP contribution in [0.15, 0.2) is 24.3 Å². The summed E-state index contributed by atoms with van der Waals surface area (Å²) in [5, 5.41) is 0. The molecule has 0 saturated carbocycles. The molecule has 0 aliphatic heterocycles. The SMILES string of the molecule is O=CCc1ccc(BOC=O)cc1. The van der Waals surface area contributed by atoms with E-state index in [-0.39, 0.29) is 7.48 Å². The van der Waals surface area contributed by atoms with Crippen molar-refractivity contribution < 1.29 is 14.2 Å². The smallest absolute Gasteiger partial charge is 0.377 e. The highest BCUT2D eigenvalue weighted by molar-refractivity contribution is 6.48. The van der Waals surface area contributed by atoms with Crippen molar-refractivity contribution in [1.82, 2.24) is 0 Å². The van der Waals surface area contributed by atoms with Gasteiger partial charge in [0.2, 0.25) is 0 Å². The van der Waals surface area contributed by atoms with Gasteiger partial charge >= 0.3 is 7.48 Å². The van der Waals surface area contributed by atoms with E-state index in [9.17, 15) is 9.59 Å². The van der Waals surface area contributed by atoms with Gasteiger partial charge in [0, 0.05) is 6.42 Å². The fourth-order valence-corrected chi connectivity index (χ4v) is 0.998. The van der Waals surface area contributed by atoms with Gasteiger partial charge in [-0.1, -0.05) is 24.3 Å². The molecule has 0 radical (unpaired) electrons. The maximum Gasteiger partial charge on any atom is 0.377 e. The first-order valence-electron chi connectivity index (χ1n) is 3.93. The third-order valence-electron chi connectivity index (χ3n) is 1.66. The lowest BCUT2D eigenvalue weighted by molar-refractivity contribution is -0.120. The van der Waals surface area contributed by atoms with Gasteiger partial charge in [-0.3, -0.25) is 4.79 Å². The fraction of sp³-hybridized carbons (Fsp3) is 0.111. The lowest BCUT2D eigenvalue weighted by Crippen LogP contribution is -2.16. The molecule has 0 spiro atoms. The Morgan fingerprint density at radius 1 is 1.23 bits per heavy atom. The zero-order valence-corrected chi connectivity index (χ0v) is 7.10. The largest absolute Gasteiger partial charge is 0.537 e. The molecule has 66 valence electrons. The van der Waals surface area contributed by atoms with Crippen LogP contribution in [0, 0.1) is 0 Å². The molecule has 0 bridgehead atoms. The monoisotopic (exact) mass is 176 g/mol. The second-order valence-corrected chi connectivity index (χ2v) is 2.59. The van der Waals surface area contributed by atoms with Crippen molar-refractivity contribution in [1.29, 1.82) is 0 Å². The highest BCUT2D eigenvalue weighted by atomic mass is 16.5. The third-order valence-corrected chi connectivity index (χ3v) is 1.66. The predicted molar refractivity (Wildman–Crippen MR) is 50.1 cm³/mol. The van der Waals surface area contributed by atoms with Crippen molar-refractivity contribution in [2.45, 2.75) is 6.42 Å². The summed E-state index contributed by atoms with van der Waals surface area (Å²) in [7, 11) is 0.283. The molecule has 0 fully saturated rings. The second kappa shape index (κ2) is 5.14. The van der Waals surface area contributed by atoms with Crippen LogP contribution in [0.4, 0.5) is 0 Å². The molecule has 0 aliphatic carbocycles. The quantitative estimate of drug-likeness (QED) is 0.451. The van der Waals surface area contributed by atoms with Crippen molar-refractivity contribution in [3.05, 3.63) is 29.8 Å². The van der Waals surface area contributed by atoms with Crippen LogP contribution < -0.4 is 5.46 Å². The van der Waals surface area contributed by atoms with Gasteiger partial charge in [-0.25, -0.2) is 0 Å². The molecule has 0 heterocycles. The van der Waals surface area contributed by atoms with Crippen molar-refractivity contribution >= 4 is 25.7 Å². The van der Waals surface area contributed by atoms with Crippen LogP contribution in [-0.2, 0) is 20.7 Å². The molecule has 0 aromatic heterocycles. The Bertz CT molecular complexity index is 281. The van der Waals surface area contributed by atoms with Crippen LogP contribution >= 0.6 is 0 Å². The first-order chi connectivity index (χ1) is 6.36. The van der Waals surface area contributed by atoms with E-state index in [1.807, 2.05) is 24.3 Å². The number of hydrogen-bond donors (Lipinski definition) is 0. The van der Waals surface area contributed by atoms with Gasteiger partial charge in [-0.05, 0) is 11.0 Å². The van der Waals surface area contributed by atoms with Crippen LogP contribution in [0.5, 0.6) is 0 Å². The zero-order chi connectivity index (χ0) is 9.52. The first-order valence-corrected chi connectivity index (χ1v) is 3.93. The average molecular weight is 176 g/mol. The molecule has 3 nitrogen and oxygen atoms in total. The highest BCUT2D eigenvalue weighted by Crippen LogP contribution is 1.95. The summed E-state index contributed by atoms with van der Waals surface area (Å²) in [6, 6.07) is 7.36. The van der Waals surface area contributed by atoms with E-state index < -0.39 is 0 Å². The molecule has 0 N–H and O–H groups in total. The van der Waals surface area contributed by atoms with E-state index in [4.69, 9.17) is 0 Å². The molecular weight excluding hydrogens is 167 g/mol. The minimum absolute atomic E-state index is 0.283. The van der Waals surface area contributed by atoms with Crippen molar-refractivity contribution in [2.75, 3.05) is 0 Å². The van der Waals surface area contributed by atoms with E-state index >= 15 is 0 Å². The summed E-state index contributed by atoms with van der Waals surface area (Å²) in [5.74, 6) is 0. The number of carbonyl (C=O) groups is 2. The summed E-state index contributed by atoms with van der Waals surface area (Å²) < 4.78 is 4.57. The lowest BCUT2D eigenvalue weighted by Gasteiger charge is -1.98. The number of hydrogen-bond acceptors (Lipinski definition) is 3. The van der Waals surface area contributed by atoms with Crippen LogP contribution in [0.3, 0.4) is 0 Å². The molecule has 0 aliphatic rings. The highest BCUT2D eigenvalue weighted by Gasteiger charge is 1.96. The average Bonchev–Trinajstić information content (AvgIpc) is 2.17. The van der Waals surface area contributed by atoms with Crippen molar-refractivity contribution in [3.63, 3.8) is 0 Å². The van der Waals surface area contributed by atoms with Gasteiger partial charge in [0.15, 0.2) is 0 Å². The second-order valence-electron chi connectivity index (χ2n) is 2.59. The Morgan fingerprint density at radius 2 is 1.92 bits per heavy atom. The minimum atomic E-state index is 0.283. The fourth-order valence-electron chi connectivity index (χ4n) is 0.998. The topological polar surface area (TPSA) is 43.4 Å². The molecule has 0 saturated heterocycles. The molecular formula is C9H9BO3. The van der Waals surface area contributed by atoms with Crippen LogP contribution in [0.25, 0.3) is 0 Å². The van der Waals surface area contributed by atoms with Gasteiger partial charge in [-0.15, -0.1) is 0 Å². The molecule has 0 amide bonds. The van der Waals surface area contributed by atoms with E-state index in [1.165, 1.54) is 0 Å². The van der Waals surface area contributed by atoms with Crippen molar-refractivity contribution in [2.24, 2.45) is 0 Å². The molecule has 13 heavy (non-hydrogen) atoms. The van der Waals surface area contributed by atoms with Crippen LogP contribution in [0.2, 0.25) is 0 Å². The first kappa shape index (κ1) is 9.51. The number of carbonyl (C=O) groups excluding carboxylic acids is 2. The van der Waals surface area contributed by atoms with E-state index in [0.717, 1.165) is 17.3 Å². The summed E-state index contributed by atoms with van der Waals surface area (Å²) in [6.45, 7) is 0.416. The summed E-state index contributed by atoms with van der Waals surface area (Å²) >= 11 is 0. The third kappa shape index (κ3) is 3.11. The number of benzene rings is 1. The predicted octanol–water partition coefficient (Wildman–Crippen LogP) is -0.422. The van der Waals surface area contributed by atoms with Gasteiger partial charge < -0.3 is 9.45 Å². The van der Waals surface area contributed by atoms with E-state index in [2.05, 4.69) is 4.65 Å². The van der Waals surface area contributed by atoms with Gasteiger partial charge in [0.1, 0.15) is 6.29 Å². The molecule has 1 aromatic rings. The maximum absolute atomic E-state index is 10.2. The number of rotatable bonds is 5. The van der Waals surface area contributed by atoms with Crippen molar-refractivity contribution in [3.8, 4) is 0 Å². The normalized spacial score (nSPS) is 8.92. The lowest BCUT2D eigenvalue weighted by atomic mass is 9.87. The van der Waals surface area contributed by atoms with E-state index in [0.29, 0.717) is 12.9 Å². The van der Waals surface area contributed by atoms with Gasteiger partial charge in [0.05, 0.1) is 0 Å². The Morgan fingerprint density at radius 3 is 2.46 bits per heavy atom. The summed E-state index contributed by atoms with van der Waals surface area (Å²) in [4.78, 5) is 20.0. The van der Waals surface area contributed by atoms with Gasteiger partial charge in [0.25, 0.3) is 6.47 Å². The minimum Gasteiger partial charge on any atom is -0.537 e. The standard InChI is InChI=1S/C9H9BO3/c11-6-5-8-1-3-9(4-2-8)10-13-7-12/h1-4,6-7,10H,5H2. The Balaban J connectivity index is 2.58. The molecule has 1 rings (SSSR count).